The molecule has 2 N–H and O–H groups in total. The second-order valence-corrected chi connectivity index (χ2v) is 9.90. The van der Waals surface area contributed by atoms with E-state index >= 15 is 0 Å². The van der Waals surface area contributed by atoms with Gasteiger partial charge in [0, 0.05) is 41.4 Å². The van der Waals surface area contributed by atoms with Crippen molar-refractivity contribution in [2.45, 2.75) is 19.0 Å². The van der Waals surface area contributed by atoms with Crippen molar-refractivity contribution in [3.8, 4) is 5.75 Å². The van der Waals surface area contributed by atoms with Crippen LogP contribution in [-0.2, 0) is 17.8 Å². The molecule has 1 heterocycles. The summed E-state index contributed by atoms with van der Waals surface area (Å²) in [6, 6.07) is 21.4. The number of fused-ring (bicyclic) bond motifs is 1. The Bertz CT molecular complexity index is 1380. The Kier molecular flexibility index (Phi) is 9.50. The average molecular weight is 625 g/mol. The molecule has 0 saturated heterocycles. The fourth-order valence-corrected chi connectivity index (χ4v) is 4.35. The Labute approximate surface area is 234 Å². The molecule has 4 aromatic rings. The molecule has 0 spiro atoms. The number of carbonyl (C=O) groups excluding carboxylic acids is 1. The largest absolute Gasteiger partial charge is 0.492 e. The fourth-order valence-electron chi connectivity index (χ4n) is 3.81. The van der Waals surface area contributed by atoms with E-state index in [4.69, 9.17) is 9.15 Å². The van der Waals surface area contributed by atoms with Crippen molar-refractivity contribution in [2.24, 2.45) is 0 Å². The summed E-state index contributed by atoms with van der Waals surface area (Å²) < 4.78 is 12.4. The quantitative estimate of drug-likeness (QED) is 0.0934. The lowest BCUT2D eigenvalue weighted by Gasteiger charge is -2.23. The SMILES string of the molecule is CN(C=CC(=O)c1cccc(I)c1)[C@@H](Cc1ccc(OCCNCc2nc3ccccc3o2)cc1)C(=O)O. The maximum Gasteiger partial charge on any atom is 0.326 e. The minimum atomic E-state index is -0.968. The van der Waals surface area contributed by atoms with E-state index in [2.05, 4.69) is 32.9 Å². The summed E-state index contributed by atoms with van der Waals surface area (Å²) in [6.45, 7) is 1.57. The summed E-state index contributed by atoms with van der Waals surface area (Å²) >= 11 is 2.15. The minimum absolute atomic E-state index is 0.177. The molecule has 196 valence electrons. The van der Waals surface area contributed by atoms with Gasteiger partial charge in [0.2, 0.25) is 5.89 Å². The molecule has 8 nitrogen and oxygen atoms in total. The Morgan fingerprint density at radius 3 is 2.66 bits per heavy atom. The van der Waals surface area contributed by atoms with Crippen molar-refractivity contribution in [1.29, 1.82) is 0 Å². The van der Waals surface area contributed by atoms with E-state index in [9.17, 15) is 14.7 Å². The zero-order valence-corrected chi connectivity index (χ0v) is 23.0. The number of ketones is 1. The average Bonchev–Trinajstić information content (AvgIpc) is 3.33. The number of nitrogens with zero attached hydrogens (tertiary/aromatic N) is 2. The molecule has 9 heteroatoms. The normalized spacial score (nSPS) is 12.1. The highest BCUT2D eigenvalue weighted by atomic mass is 127. The van der Waals surface area contributed by atoms with Gasteiger partial charge in [-0.25, -0.2) is 9.78 Å². The molecule has 1 aromatic heterocycles. The van der Waals surface area contributed by atoms with E-state index in [1.54, 1.807) is 24.1 Å². The topological polar surface area (TPSA) is 105 Å². The summed E-state index contributed by atoms with van der Waals surface area (Å²) in [5.41, 5.74) is 3.01. The van der Waals surface area contributed by atoms with Gasteiger partial charge in [-0.05, 0) is 64.6 Å². The second-order valence-electron chi connectivity index (χ2n) is 8.66. The van der Waals surface area contributed by atoms with Crippen LogP contribution in [0, 0.1) is 3.57 Å². The Hall–Kier alpha value is -3.70. The number of benzene rings is 3. The monoisotopic (exact) mass is 625 g/mol. The zero-order chi connectivity index (χ0) is 26.9. The number of rotatable bonds is 13. The number of ether oxygens (including phenoxy) is 1. The lowest BCUT2D eigenvalue weighted by Crippen LogP contribution is -2.37. The third-order valence-electron chi connectivity index (χ3n) is 5.86. The van der Waals surface area contributed by atoms with Gasteiger partial charge in [-0.1, -0.05) is 36.4 Å². The highest BCUT2D eigenvalue weighted by Gasteiger charge is 2.21. The minimum Gasteiger partial charge on any atom is -0.492 e. The van der Waals surface area contributed by atoms with Crippen molar-refractivity contribution in [3.63, 3.8) is 0 Å². The molecule has 0 amide bonds. The molecule has 38 heavy (non-hydrogen) atoms. The van der Waals surface area contributed by atoms with Crippen LogP contribution in [0.5, 0.6) is 5.75 Å². The number of nitrogens with one attached hydrogen (secondary N) is 1. The molecule has 0 fully saturated rings. The molecule has 0 aliphatic carbocycles. The first-order valence-electron chi connectivity index (χ1n) is 12.1. The van der Waals surface area contributed by atoms with Crippen LogP contribution >= 0.6 is 22.6 Å². The number of likely N-dealkylation sites (N-methyl/N-ethyl adjacent to an activating group) is 1. The van der Waals surface area contributed by atoms with E-state index in [0.717, 1.165) is 20.2 Å². The summed E-state index contributed by atoms with van der Waals surface area (Å²) in [5, 5.41) is 13.0. The van der Waals surface area contributed by atoms with Gasteiger partial charge in [-0.3, -0.25) is 4.79 Å². The van der Waals surface area contributed by atoms with Gasteiger partial charge in [-0.2, -0.15) is 0 Å². The Balaban J connectivity index is 1.23. The Morgan fingerprint density at radius 1 is 1.13 bits per heavy atom. The highest BCUT2D eigenvalue weighted by molar-refractivity contribution is 14.1. The first-order valence-corrected chi connectivity index (χ1v) is 13.2. The van der Waals surface area contributed by atoms with Crippen LogP contribution in [-0.4, -0.2) is 53.0 Å². The third-order valence-corrected chi connectivity index (χ3v) is 6.53. The maximum atomic E-state index is 12.4. The Morgan fingerprint density at radius 2 is 1.92 bits per heavy atom. The number of para-hydroxylation sites is 2. The van der Waals surface area contributed by atoms with Crippen LogP contribution in [0.4, 0.5) is 0 Å². The summed E-state index contributed by atoms with van der Waals surface area (Å²) in [6.07, 6.45) is 3.20. The van der Waals surface area contributed by atoms with Gasteiger partial charge in [0.05, 0.1) is 6.54 Å². The van der Waals surface area contributed by atoms with Crippen LogP contribution in [0.15, 0.2) is 89.5 Å². The van der Waals surface area contributed by atoms with Gasteiger partial charge >= 0.3 is 5.97 Å². The number of oxazole rings is 1. The first kappa shape index (κ1) is 27.3. The van der Waals surface area contributed by atoms with Crippen LogP contribution in [0.3, 0.4) is 0 Å². The van der Waals surface area contributed by atoms with E-state index in [-0.39, 0.29) is 12.2 Å². The standard InChI is InChI=1S/C29H28IN3O5/c1-33(15-13-26(34)21-5-4-6-22(30)18-21)25(29(35)36)17-20-9-11-23(12-10-20)37-16-14-31-19-28-32-24-7-2-3-8-27(24)38-28/h2-13,15,18,25,31H,14,16-17,19H2,1H3,(H,35,36)/t25-/m0/s1. The second kappa shape index (κ2) is 13.2. The molecule has 0 bridgehead atoms. The number of halogens is 1. The molecule has 1 atom stereocenters. The number of carbonyl (C=O) groups is 2. The molecular weight excluding hydrogens is 597 g/mol. The van der Waals surface area contributed by atoms with E-state index in [0.29, 0.717) is 36.9 Å². The molecule has 3 aromatic carbocycles. The van der Waals surface area contributed by atoms with Crippen molar-refractivity contribution in [2.75, 3.05) is 20.2 Å². The van der Waals surface area contributed by atoms with Crippen LogP contribution in [0.25, 0.3) is 11.1 Å². The number of carboxylic acids is 1. The lowest BCUT2D eigenvalue weighted by molar-refractivity contribution is -0.141. The van der Waals surface area contributed by atoms with E-state index in [1.807, 2.05) is 60.7 Å². The number of hydrogen-bond acceptors (Lipinski definition) is 7. The number of hydrogen-bond donors (Lipinski definition) is 2. The number of carboxylic acid groups (broad SMARTS) is 1. The molecule has 0 unspecified atom stereocenters. The van der Waals surface area contributed by atoms with Crippen LogP contribution in [0.1, 0.15) is 21.8 Å². The van der Waals surface area contributed by atoms with Crippen molar-refractivity contribution < 1.29 is 23.8 Å². The van der Waals surface area contributed by atoms with Crippen molar-refractivity contribution in [3.05, 3.63) is 106 Å². The molecule has 0 saturated carbocycles. The highest BCUT2D eigenvalue weighted by Crippen LogP contribution is 2.17. The number of allylic oxidation sites excluding steroid dienone is 1. The predicted molar refractivity (Wildman–Crippen MR) is 153 cm³/mol. The summed E-state index contributed by atoms with van der Waals surface area (Å²) in [7, 11) is 1.66. The lowest BCUT2D eigenvalue weighted by atomic mass is 10.0. The molecule has 4 rings (SSSR count). The predicted octanol–water partition coefficient (Wildman–Crippen LogP) is 4.93. The smallest absolute Gasteiger partial charge is 0.326 e. The number of aromatic nitrogens is 1. The molecule has 0 aliphatic rings. The fraction of sp³-hybridized carbons (Fsp3) is 0.207. The van der Waals surface area contributed by atoms with Gasteiger partial charge < -0.3 is 24.5 Å². The molecular formula is C29H28IN3O5. The van der Waals surface area contributed by atoms with Gasteiger partial charge in [0.1, 0.15) is 23.9 Å². The van der Waals surface area contributed by atoms with Gasteiger partial charge in [0.25, 0.3) is 0 Å². The molecule has 0 radical (unpaired) electrons. The first-order chi connectivity index (χ1) is 18.4. The zero-order valence-electron chi connectivity index (χ0n) is 20.8. The summed E-state index contributed by atoms with van der Waals surface area (Å²) in [5.74, 6) is 0.178. The van der Waals surface area contributed by atoms with Gasteiger partial charge in [-0.15, -0.1) is 0 Å². The van der Waals surface area contributed by atoms with Gasteiger partial charge in [0.15, 0.2) is 11.4 Å². The summed E-state index contributed by atoms with van der Waals surface area (Å²) in [4.78, 5) is 30.3. The van der Waals surface area contributed by atoms with E-state index in [1.165, 1.54) is 12.3 Å². The third kappa shape index (κ3) is 7.65. The maximum absolute atomic E-state index is 12.4. The van der Waals surface area contributed by atoms with Crippen LogP contribution < -0.4 is 10.1 Å². The van der Waals surface area contributed by atoms with Crippen molar-refractivity contribution in [1.82, 2.24) is 15.2 Å². The molecule has 0 aliphatic heterocycles. The van der Waals surface area contributed by atoms with Crippen molar-refractivity contribution >= 4 is 45.4 Å². The van der Waals surface area contributed by atoms with E-state index < -0.39 is 12.0 Å². The van der Waals surface area contributed by atoms with Crippen LogP contribution in [0.2, 0.25) is 0 Å². The number of aliphatic carboxylic acids is 1.